The third kappa shape index (κ3) is 6.27. The Labute approximate surface area is 222 Å². The van der Waals surface area contributed by atoms with Crippen molar-refractivity contribution in [2.45, 2.75) is 44.5 Å². The van der Waals surface area contributed by atoms with E-state index in [0.29, 0.717) is 12.0 Å². The highest BCUT2D eigenvalue weighted by Gasteiger charge is 2.53. The van der Waals surface area contributed by atoms with Crippen molar-refractivity contribution in [3.8, 4) is 0 Å². The van der Waals surface area contributed by atoms with Gasteiger partial charge in [0.25, 0.3) is 5.91 Å². The van der Waals surface area contributed by atoms with Crippen molar-refractivity contribution in [2.24, 2.45) is 11.0 Å². The number of amides is 2. The maximum atomic E-state index is 13.6. The first-order chi connectivity index (χ1) is 18.3. The third-order valence-electron chi connectivity index (χ3n) is 7.43. The summed E-state index contributed by atoms with van der Waals surface area (Å²) < 4.78 is 10.7. The Balaban J connectivity index is 1.41. The molecule has 0 saturated carbocycles. The Hall–Kier alpha value is -3.18. The number of nitrogens with one attached hydrogen (secondary N) is 1. The molecule has 3 aliphatic rings. The minimum absolute atomic E-state index is 0.0852. The molecule has 38 heavy (non-hydrogen) atoms. The van der Waals surface area contributed by atoms with Gasteiger partial charge in [0.15, 0.2) is 5.78 Å². The summed E-state index contributed by atoms with van der Waals surface area (Å²) in [7, 11) is 1.71. The second-order valence-electron chi connectivity index (χ2n) is 10.5. The largest absolute Gasteiger partial charge is 0.383 e. The first kappa shape index (κ1) is 27.8. The number of ketones is 1. The molecule has 0 unspecified atom stereocenters. The van der Waals surface area contributed by atoms with Crippen LogP contribution in [0, 0.1) is 5.92 Å². The lowest BCUT2D eigenvalue weighted by atomic mass is 10.0. The number of Topliss-reactive ketones (excluding diaryl/α,β-unsaturated/α-hetero) is 1. The van der Waals surface area contributed by atoms with Crippen molar-refractivity contribution in [1.29, 1.82) is 0 Å². The molecule has 0 aliphatic carbocycles. The molecule has 4 rings (SSSR count). The van der Waals surface area contributed by atoms with Crippen LogP contribution in [0.15, 0.2) is 29.4 Å². The zero-order chi connectivity index (χ0) is 27.2. The highest BCUT2D eigenvalue weighted by Crippen LogP contribution is 2.30. The Morgan fingerprint density at radius 2 is 1.92 bits per heavy atom. The van der Waals surface area contributed by atoms with Gasteiger partial charge in [-0.15, -0.1) is 0 Å². The lowest BCUT2D eigenvalue weighted by molar-refractivity contribution is -0.138. The Bertz CT molecular complexity index is 1050. The van der Waals surface area contributed by atoms with E-state index in [-0.39, 0.29) is 36.7 Å². The maximum absolute atomic E-state index is 13.6. The van der Waals surface area contributed by atoms with Gasteiger partial charge < -0.3 is 24.6 Å². The van der Waals surface area contributed by atoms with Crippen molar-refractivity contribution < 1.29 is 23.9 Å². The number of anilines is 1. The van der Waals surface area contributed by atoms with Crippen LogP contribution in [0.1, 0.15) is 30.6 Å². The molecule has 1 N–H and O–H groups in total. The number of ether oxygens (including phenoxy) is 2. The van der Waals surface area contributed by atoms with Crippen molar-refractivity contribution in [2.75, 3.05) is 64.5 Å². The molecule has 3 fully saturated rings. The van der Waals surface area contributed by atoms with E-state index in [1.165, 1.54) is 4.90 Å². The summed E-state index contributed by atoms with van der Waals surface area (Å²) in [6.07, 6.45) is -0.238. The molecule has 1 aromatic carbocycles. The molecule has 0 radical (unpaired) electrons. The van der Waals surface area contributed by atoms with E-state index >= 15 is 0 Å². The van der Waals surface area contributed by atoms with E-state index in [1.54, 1.807) is 19.2 Å². The molecule has 3 saturated heterocycles. The monoisotopic (exact) mass is 527 g/mol. The number of fused-ring (bicyclic) bond motifs is 1. The second-order valence-corrected chi connectivity index (χ2v) is 10.5. The van der Waals surface area contributed by atoms with Crippen LogP contribution >= 0.6 is 0 Å². The van der Waals surface area contributed by atoms with E-state index in [1.807, 2.05) is 26.0 Å². The predicted molar refractivity (Wildman–Crippen MR) is 141 cm³/mol. The minimum Gasteiger partial charge on any atom is -0.383 e. The van der Waals surface area contributed by atoms with Crippen molar-refractivity contribution in [1.82, 2.24) is 15.1 Å². The van der Waals surface area contributed by atoms with Crippen LogP contribution in [0.3, 0.4) is 0 Å². The van der Waals surface area contributed by atoms with Crippen LogP contribution in [0.5, 0.6) is 0 Å². The molecule has 12 heteroatoms. The lowest BCUT2D eigenvalue weighted by Crippen LogP contribution is -2.52. The molecule has 0 aromatic heterocycles. The number of hydrogen-bond donors (Lipinski definition) is 1. The smallest absolute Gasteiger partial charge is 0.251 e. The molecule has 3 heterocycles. The summed E-state index contributed by atoms with van der Waals surface area (Å²) in [4.78, 5) is 48.2. The van der Waals surface area contributed by atoms with Gasteiger partial charge in [-0.1, -0.05) is 19.0 Å². The summed E-state index contributed by atoms with van der Waals surface area (Å²) in [5.41, 5.74) is 10.4. The number of nitrogens with zero attached hydrogens (tertiary/aromatic N) is 6. The van der Waals surface area contributed by atoms with Crippen LogP contribution in [0.25, 0.3) is 10.4 Å². The Morgan fingerprint density at radius 1 is 1.21 bits per heavy atom. The van der Waals surface area contributed by atoms with Crippen molar-refractivity contribution >= 4 is 23.3 Å². The highest BCUT2D eigenvalue weighted by atomic mass is 16.5. The van der Waals surface area contributed by atoms with Crippen LogP contribution in [-0.2, 0) is 19.1 Å². The SMILES string of the molecule is COCCN1CCN(c2ccc(C(=O)N[C@@H](CC(C)C)C(=O)N3C[C@@H](N=[N+]=[N-])[C@H]4OCC(=O)[C@H]43)cc2)CC1. The van der Waals surface area contributed by atoms with Crippen LogP contribution < -0.4 is 10.2 Å². The van der Waals surface area contributed by atoms with Gasteiger partial charge in [-0.05, 0) is 42.1 Å². The fourth-order valence-electron chi connectivity index (χ4n) is 5.43. The molecular weight excluding hydrogens is 490 g/mol. The van der Waals surface area contributed by atoms with Gasteiger partial charge in [0, 0.05) is 62.5 Å². The number of azide groups is 1. The standard InChI is InChI=1S/C26H37N7O5/c1-17(2)14-20(26(36)33-15-21(29-30-27)24-23(33)22(34)16-38-24)28-25(35)18-4-6-19(7-5-18)32-10-8-31(9-11-32)12-13-37-3/h4-7,17,20-21,23-24H,8-16H2,1-3H3,(H,28,35)/t20-,21+,23+,24+/m0/s1. The van der Waals surface area contributed by atoms with E-state index in [9.17, 15) is 14.4 Å². The summed E-state index contributed by atoms with van der Waals surface area (Å²) in [6.45, 7) is 9.26. The summed E-state index contributed by atoms with van der Waals surface area (Å²) in [5, 5.41) is 6.63. The maximum Gasteiger partial charge on any atom is 0.251 e. The summed E-state index contributed by atoms with van der Waals surface area (Å²) in [5.74, 6) is -0.810. The van der Waals surface area contributed by atoms with Crippen LogP contribution in [-0.4, -0.2) is 111 Å². The third-order valence-corrected chi connectivity index (χ3v) is 7.43. The number of hydrogen-bond acceptors (Lipinski definition) is 8. The second kappa shape index (κ2) is 12.6. The van der Waals surface area contributed by atoms with Gasteiger partial charge in [-0.25, -0.2) is 0 Å². The quantitative estimate of drug-likeness (QED) is 0.276. The van der Waals surface area contributed by atoms with E-state index in [0.717, 1.165) is 45.0 Å². The molecule has 1 aromatic rings. The molecular formula is C26H37N7O5. The molecule has 0 bridgehead atoms. The van der Waals surface area contributed by atoms with Gasteiger partial charge in [-0.3, -0.25) is 19.3 Å². The Kier molecular flexibility index (Phi) is 9.22. The molecule has 206 valence electrons. The number of carbonyl (C=O) groups is 3. The van der Waals surface area contributed by atoms with Crippen molar-refractivity contribution in [3.63, 3.8) is 0 Å². The van der Waals surface area contributed by atoms with Gasteiger partial charge in [0.2, 0.25) is 5.91 Å². The number of likely N-dealkylation sites (tertiary alicyclic amines) is 1. The fourth-order valence-corrected chi connectivity index (χ4v) is 5.43. The number of benzene rings is 1. The summed E-state index contributed by atoms with van der Waals surface area (Å²) in [6, 6.07) is 5.17. The lowest BCUT2D eigenvalue weighted by Gasteiger charge is -2.36. The normalized spacial score (nSPS) is 24.3. The molecule has 0 spiro atoms. The van der Waals surface area contributed by atoms with Gasteiger partial charge in [0.05, 0.1) is 18.8 Å². The average molecular weight is 528 g/mol. The predicted octanol–water partition coefficient (Wildman–Crippen LogP) is 1.46. The molecule has 3 aliphatic heterocycles. The van der Waals surface area contributed by atoms with Gasteiger partial charge >= 0.3 is 0 Å². The van der Waals surface area contributed by atoms with Crippen LogP contribution in [0.2, 0.25) is 0 Å². The molecule has 12 nitrogen and oxygen atoms in total. The molecule has 2 amide bonds. The van der Waals surface area contributed by atoms with Gasteiger partial charge in [0.1, 0.15) is 18.7 Å². The minimum atomic E-state index is -0.818. The summed E-state index contributed by atoms with van der Waals surface area (Å²) >= 11 is 0. The van der Waals surface area contributed by atoms with Gasteiger partial charge in [-0.2, -0.15) is 0 Å². The zero-order valence-corrected chi connectivity index (χ0v) is 22.3. The first-order valence-electron chi connectivity index (χ1n) is 13.2. The van der Waals surface area contributed by atoms with Crippen LogP contribution in [0.4, 0.5) is 5.69 Å². The number of piperazine rings is 1. The molecule has 4 atom stereocenters. The first-order valence-corrected chi connectivity index (χ1v) is 13.2. The topological polar surface area (TPSA) is 140 Å². The van der Waals surface area contributed by atoms with E-state index < -0.39 is 24.2 Å². The fraction of sp³-hybridized carbons (Fsp3) is 0.654. The average Bonchev–Trinajstić information content (AvgIpc) is 3.47. The number of rotatable bonds is 10. The zero-order valence-electron chi connectivity index (χ0n) is 22.3. The van der Waals surface area contributed by atoms with E-state index in [2.05, 4.69) is 25.1 Å². The Morgan fingerprint density at radius 3 is 2.55 bits per heavy atom. The van der Waals surface area contributed by atoms with E-state index in [4.69, 9.17) is 15.0 Å². The number of carbonyl (C=O) groups excluding carboxylic acids is 3. The highest BCUT2D eigenvalue weighted by molar-refractivity contribution is 5.99. The van der Waals surface area contributed by atoms with Crippen molar-refractivity contribution in [3.05, 3.63) is 40.3 Å². The number of methoxy groups -OCH3 is 1.